The summed E-state index contributed by atoms with van der Waals surface area (Å²) in [6.07, 6.45) is 10.0. The Kier molecular flexibility index (Phi) is 3.91. The molecule has 2 rings (SSSR count). The van der Waals surface area contributed by atoms with Crippen molar-refractivity contribution in [3.05, 3.63) is 0 Å². The van der Waals surface area contributed by atoms with Crippen molar-refractivity contribution in [2.24, 2.45) is 0 Å². The second kappa shape index (κ2) is 5.05. The van der Waals surface area contributed by atoms with Gasteiger partial charge in [0.2, 0.25) is 0 Å². The first-order valence-corrected chi connectivity index (χ1v) is 6.97. The maximum absolute atomic E-state index is 5.95. The third-order valence-electron chi connectivity index (χ3n) is 3.69. The van der Waals surface area contributed by atoms with Crippen LogP contribution in [0.1, 0.15) is 65.7 Å². The van der Waals surface area contributed by atoms with Crippen LogP contribution >= 0.6 is 0 Å². The van der Waals surface area contributed by atoms with Gasteiger partial charge in [0.25, 0.3) is 0 Å². The van der Waals surface area contributed by atoms with Crippen molar-refractivity contribution in [2.75, 3.05) is 0 Å². The molecule has 2 nitrogen and oxygen atoms in total. The lowest BCUT2D eigenvalue weighted by Crippen LogP contribution is -2.51. The van der Waals surface area contributed by atoms with Gasteiger partial charge in [-0.25, -0.2) is 0 Å². The summed E-state index contributed by atoms with van der Waals surface area (Å²) in [5.74, 6) is 0. The average molecular weight is 225 g/mol. The summed E-state index contributed by atoms with van der Waals surface area (Å²) in [6, 6.07) is 1.53. The molecule has 0 aromatic carbocycles. The van der Waals surface area contributed by atoms with Gasteiger partial charge in [-0.05, 0) is 46.5 Å². The lowest BCUT2D eigenvalue weighted by Gasteiger charge is -2.41. The van der Waals surface area contributed by atoms with Crippen molar-refractivity contribution < 1.29 is 4.74 Å². The van der Waals surface area contributed by atoms with Gasteiger partial charge >= 0.3 is 0 Å². The van der Waals surface area contributed by atoms with E-state index in [0.29, 0.717) is 6.10 Å². The van der Waals surface area contributed by atoms with Gasteiger partial charge in [0.05, 0.1) is 11.7 Å². The SMILES string of the molecule is CC(C)(C)OC1CC(NC2CCCCC2)C1. The Morgan fingerprint density at radius 3 is 2.12 bits per heavy atom. The third-order valence-corrected chi connectivity index (χ3v) is 3.69. The molecule has 2 aliphatic rings. The predicted octanol–water partition coefficient (Wildman–Crippen LogP) is 3.25. The second-order valence-electron chi connectivity index (χ2n) is 6.52. The first-order valence-electron chi connectivity index (χ1n) is 6.97. The van der Waals surface area contributed by atoms with E-state index in [1.807, 2.05) is 0 Å². The molecule has 0 heterocycles. The number of ether oxygens (including phenoxy) is 1. The normalized spacial score (nSPS) is 32.4. The Labute approximate surface area is 100 Å². The molecule has 0 spiro atoms. The minimum Gasteiger partial charge on any atom is -0.373 e. The highest BCUT2D eigenvalue weighted by atomic mass is 16.5. The fourth-order valence-electron chi connectivity index (χ4n) is 2.90. The highest BCUT2D eigenvalue weighted by Crippen LogP contribution is 2.29. The highest BCUT2D eigenvalue weighted by molar-refractivity contribution is 4.90. The molecule has 0 aromatic heterocycles. The average Bonchev–Trinajstić information content (AvgIpc) is 2.14. The first kappa shape index (κ1) is 12.4. The van der Waals surface area contributed by atoms with Crippen LogP contribution in [-0.4, -0.2) is 23.8 Å². The molecule has 0 bridgehead atoms. The zero-order valence-electron chi connectivity index (χ0n) is 11.1. The fraction of sp³-hybridized carbons (Fsp3) is 1.00. The zero-order valence-corrected chi connectivity index (χ0v) is 11.1. The van der Waals surface area contributed by atoms with Gasteiger partial charge in [-0.2, -0.15) is 0 Å². The largest absolute Gasteiger partial charge is 0.373 e. The van der Waals surface area contributed by atoms with Crippen LogP contribution in [-0.2, 0) is 4.74 Å². The van der Waals surface area contributed by atoms with E-state index in [4.69, 9.17) is 4.74 Å². The van der Waals surface area contributed by atoms with Crippen molar-refractivity contribution >= 4 is 0 Å². The second-order valence-corrected chi connectivity index (χ2v) is 6.52. The van der Waals surface area contributed by atoms with Gasteiger partial charge in [-0.15, -0.1) is 0 Å². The number of rotatable bonds is 3. The van der Waals surface area contributed by atoms with E-state index < -0.39 is 0 Å². The van der Waals surface area contributed by atoms with Crippen LogP contribution in [0, 0.1) is 0 Å². The van der Waals surface area contributed by atoms with Crippen molar-refractivity contribution in [1.82, 2.24) is 5.32 Å². The minimum absolute atomic E-state index is 0.0282. The van der Waals surface area contributed by atoms with Crippen LogP contribution in [0.4, 0.5) is 0 Å². The van der Waals surface area contributed by atoms with Gasteiger partial charge in [-0.1, -0.05) is 19.3 Å². The van der Waals surface area contributed by atoms with E-state index in [-0.39, 0.29) is 5.60 Å². The molecule has 94 valence electrons. The van der Waals surface area contributed by atoms with Crippen molar-refractivity contribution in [3.8, 4) is 0 Å². The van der Waals surface area contributed by atoms with E-state index in [9.17, 15) is 0 Å². The van der Waals surface area contributed by atoms with Gasteiger partial charge in [-0.3, -0.25) is 0 Å². The topological polar surface area (TPSA) is 21.3 Å². The Morgan fingerprint density at radius 2 is 1.56 bits per heavy atom. The Balaban J connectivity index is 1.61. The third kappa shape index (κ3) is 3.74. The van der Waals surface area contributed by atoms with Crippen LogP contribution < -0.4 is 5.32 Å². The Bertz CT molecular complexity index is 209. The van der Waals surface area contributed by atoms with E-state index >= 15 is 0 Å². The van der Waals surface area contributed by atoms with Gasteiger partial charge < -0.3 is 10.1 Å². The van der Waals surface area contributed by atoms with Crippen LogP contribution in [0.5, 0.6) is 0 Å². The maximum atomic E-state index is 5.95. The molecule has 1 N–H and O–H groups in total. The summed E-state index contributed by atoms with van der Waals surface area (Å²) in [4.78, 5) is 0. The molecule has 2 fully saturated rings. The quantitative estimate of drug-likeness (QED) is 0.796. The molecule has 2 heteroatoms. The van der Waals surface area contributed by atoms with Crippen molar-refractivity contribution in [2.45, 2.75) is 89.5 Å². The van der Waals surface area contributed by atoms with Crippen molar-refractivity contribution in [3.63, 3.8) is 0 Å². The van der Waals surface area contributed by atoms with Crippen LogP contribution in [0.2, 0.25) is 0 Å². The van der Waals surface area contributed by atoms with E-state index in [1.54, 1.807) is 0 Å². The van der Waals surface area contributed by atoms with Gasteiger partial charge in [0, 0.05) is 12.1 Å². The molecule has 0 amide bonds. The predicted molar refractivity (Wildman–Crippen MR) is 67.7 cm³/mol. The number of hydrogen-bond acceptors (Lipinski definition) is 2. The molecule has 0 aromatic rings. The van der Waals surface area contributed by atoms with Gasteiger partial charge in [0.15, 0.2) is 0 Å². The molecule has 0 radical (unpaired) electrons. The van der Waals surface area contributed by atoms with Crippen molar-refractivity contribution in [1.29, 1.82) is 0 Å². The maximum Gasteiger partial charge on any atom is 0.0612 e. The van der Waals surface area contributed by atoms with E-state index in [1.165, 1.54) is 44.9 Å². The summed E-state index contributed by atoms with van der Waals surface area (Å²) in [7, 11) is 0. The lowest BCUT2D eigenvalue weighted by molar-refractivity contribution is -0.103. The van der Waals surface area contributed by atoms with E-state index in [2.05, 4.69) is 26.1 Å². The standard InChI is InChI=1S/C14H27NO/c1-14(2,3)16-13-9-12(10-13)15-11-7-5-4-6-8-11/h11-13,15H,4-10H2,1-3H3. The molecular formula is C14H27NO. The monoisotopic (exact) mass is 225 g/mol. The molecule has 0 atom stereocenters. The molecule has 0 aliphatic heterocycles. The summed E-state index contributed by atoms with van der Waals surface area (Å²) in [5, 5.41) is 3.79. The molecular weight excluding hydrogens is 198 g/mol. The fourth-order valence-corrected chi connectivity index (χ4v) is 2.90. The van der Waals surface area contributed by atoms with Crippen LogP contribution in [0.3, 0.4) is 0 Å². The lowest BCUT2D eigenvalue weighted by atomic mass is 9.86. The Hall–Kier alpha value is -0.0800. The van der Waals surface area contributed by atoms with Crippen LogP contribution in [0.25, 0.3) is 0 Å². The molecule has 0 unspecified atom stereocenters. The highest BCUT2D eigenvalue weighted by Gasteiger charge is 2.33. The smallest absolute Gasteiger partial charge is 0.0612 e. The molecule has 2 aliphatic carbocycles. The zero-order chi connectivity index (χ0) is 11.6. The first-order chi connectivity index (χ1) is 7.53. The minimum atomic E-state index is 0.0282. The molecule has 0 saturated heterocycles. The summed E-state index contributed by atoms with van der Waals surface area (Å²) in [5.41, 5.74) is 0.0282. The summed E-state index contributed by atoms with van der Waals surface area (Å²) < 4.78 is 5.95. The number of hydrogen-bond donors (Lipinski definition) is 1. The Morgan fingerprint density at radius 1 is 0.938 bits per heavy atom. The molecule has 2 saturated carbocycles. The van der Waals surface area contributed by atoms with E-state index in [0.717, 1.165) is 12.1 Å². The van der Waals surface area contributed by atoms with Crippen LogP contribution in [0.15, 0.2) is 0 Å². The summed E-state index contributed by atoms with van der Waals surface area (Å²) >= 11 is 0. The number of nitrogens with one attached hydrogen (secondary N) is 1. The van der Waals surface area contributed by atoms with Gasteiger partial charge in [0.1, 0.15) is 0 Å². The molecule has 16 heavy (non-hydrogen) atoms. The summed E-state index contributed by atoms with van der Waals surface area (Å²) in [6.45, 7) is 6.44.